The predicted molar refractivity (Wildman–Crippen MR) is 114 cm³/mol. The van der Waals surface area contributed by atoms with Crippen LogP contribution in [0.1, 0.15) is 35.2 Å². The average Bonchev–Trinajstić information content (AvgIpc) is 3.08. The number of nitrogens with zero attached hydrogens (tertiary/aromatic N) is 3. The zero-order valence-corrected chi connectivity index (χ0v) is 17.3. The highest BCUT2D eigenvalue weighted by molar-refractivity contribution is 7.11. The molecule has 1 aromatic heterocycles. The van der Waals surface area contributed by atoms with Crippen LogP contribution in [-0.2, 0) is 13.0 Å². The first-order valence-corrected chi connectivity index (χ1v) is 10.8. The molecule has 0 aliphatic carbocycles. The van der Waals surface area contributed by atoms with Crippen molar-refractivity contribution in [2.45, 2.75) is 45.7 Å². The van der Waals surface area contributed by atoms with Gasteiger partial charge in [-0.25, -0.2) is 4.98 Å². The third-order valence-corrected chi connectivity index (χ3v) is 5.68. The second kappa shape index (κ2) is 10.4. The van der Waals surface area contributed by atoms with Gasteiger partial charge in [0.1, 0.15) is 0 Å². The van der Waals surface area contributed by atoms with Crippen molar-refractivity contribution in [2.75, 3.05) is 26.2 Å². The maximum atomic E-state index is 4.76. The minimum Gasteiger partial charge on any atom is -0.357 e. The highest BCUT2D eigenvalue weighted by atomic mass is 32.1. The van der Waals surface area contributed by atoms with Crippen LogP contribution in [0.5, 0.6) is 0 Å². The third-order valence-electron chi connectivity index (χ3n) is 4.70. The molecule has 0 spiro atoms. The SMILES string of the molecule is CCNC(=NCCc1ncc(C)s1)NC1CCCN(Cc2ccccc2)C1. The number of thiazole rings is 1. The van der Waals surface area contributed by atoms with Crippen LogP contribution in [0, 0.1) is 6.92 Å². The summed E-state index contributed by atoms with van der Waals surface area (Å²) in [6.45, 7) is 9.11. The minimum atomic E-state index is 0.447. The topological polar surface area (TPSA) is 52.6 Å². The standard InChI is InChI=1S/C21H31N5S/c1-3-22-21(23-12-11-20-24-14-17(2)27-20)25-19-10-7-13-26(16-19)15-18-8-5-4-6-9-18/h4-6,8-9,14,19H,3,7,10-13,15-16H2,1-2H3,(H2,22,23,25). The molecule has 27 heavy (non-hydrogen) atoms. The first kappa shape index (κ1) is 19.8. The first-order valence-electron chi connectivity index (χ1n) is 9.95. The normalized spacial score (nSPS) is 18.4. The molecule has 3 rings (SSSR count). The summed E-state index contributed by atoms with van der Waals surface area (Å²) in [5.74, 6) is 0.928. The van der Waals surface area contributed by atoms with E-state index in [9.17, 15) is 0 Å². The Morgan fingerprint density at radius 3 is 2.93 bits per heavy atom. The van der Waals surface area contributed by atoms with Crippen molar-refractivity contribution < 1.29 is 0 Å². The van der Waals surface area contributed by atoms with Crippen LogP contribution in [0.25, 0.3) is 0 Å². The van der Waals surface area contributed by atoms with Crippen molar-refractivity contribution in [3.05, 3.63) is 52.0 Å². The summed E-state index contributed by atoms with van der Waals surface area (Å²) < 4.78 is 0. The fourth-order valence-electron chi connectivity index (χ4n) is 3.45. The van der Waals surface area contributed by atoms with Crippen molar-refractivity contribution in [1.29, 1.82) is 0 Å². The quantitative estimate of drug-likeness (QED) is 0.568. The van der Waals surface area contributed by atoms with Gasteiger partial charge in [-0.05, 0) is 38.8 Å². The van der Waals surface area contributed by atoms with Gasteiger partial charge in [0, 0.05) is 49.7 Å². The second-order valence-corrected chi connectivity index (χ2v) is 8.40. The Kier molecular flexibility index (Phi) is 7.66. The lowest BCUT2D eigenvalue weighted by Crippen LogP contribution is -2.51. The van der Waals surface area contributed by atoms with Crippen molar-refractivity contribution in [1.82, 2.24) is 20.5 Å². The maximum absolute atomic E-state index is 4.76. The fourth-order valence-corrected chi connectivity index (χ4v) is 4.23. The van der Waals surface area contributed by atoms with E-state index in [1.165, 1.54) is 34.8 Å². The number of hydrogen-bond donors (Lipinski definition) is 2. The van der Waals surface area contributed by atoms with Crippen LogP contribution in [0.3, 0.4) is 0 Å². The number of aliphatic imine (C=N–C) groups is 1. The summed E-state index contributed by atoms with van der Waals surface area (Å²) in [5, 5.41) is 8.20. The molecular formula is C21H31N5S. The molecule has 0 saturated carbocycles. The Morgan fingerprint density at radius 2 is 2.19 bits per heavy atom. The molecule has 1 aliphatic heterocycles. The molecule has 1 aliphatic rings. The van der Waals surface area contributed by atoms with Crippen LogP contribution in [0.2, 0.25) is 0 Å². The lowest BCUT2D eigenvalue weighted by atomic mass is 10.0. The number of aromatic nitrogens is 1. The van der Waals surface area contributed by atoms with Gasteiger partial charge in [0.25, 0.3) is 0 Å². The van der Waals surface area contributed by atoms with Crippen molar-refractivity contribution in [3.63, 3.8) is 0 Å². The number of guanidine groups is 1. The van der Waals surface area contributed by atoms with E-state index in [0.29, 0.717) is 6.04 Å². The van der Waals surface area contributed by atoms with Gasteiger partial charge in [-0.15, -0.1) is 11.3 Å². The van der Waals surface area contributed by atoms with Gasteiger partial charge >= 0.3 is 0 Å². The van der Waals surface area contributed by atoms with Gasteiger partial charge < -0.3 is 10.6 Å². The molecule has 146 valence electrons. The largest absolute Gasteiger partial charge is 0.357 e. The van der Waals surface area contributed by atoms with Gasteiger partial charge in [0.15, 0.2) is 5.96 Å². The summed E-state index contributed by atoms with van der Waals surface area (Å²) in [6.07, 6.45) is 5.26. The van der Waals surface area contributed by atoms with E-state index in [0.717, 1.165) is 38.6 Å². The summed E-state index contributed by atoms with van der Waals surface area (Å²) in [6, 6.07) is 11.2. The zero-order chi connectivity index (χ0) is 18.9. The van der Waals surface area contributed by atoms with Gasteiger partial charge in [-0.1, -0.05) is 30.3 Å². The van der Waals surface area contributed by atoms with E-state index in [-0.39, 0.29) is 0 Å². The molecule has 0 bridgehead atoms. The number of likely N-dealkylation sites (tertiary alicyclic amines) is 1. The summed E-state index contributed by atoms with van der Waals surface area (Å²) in [5.41, 5.74) is 1.39. The van der Waals surface area contributed by atoms with Gasteiger partial charge in [-0.3, -0.25) is 9.89 Å². The lowest BCUT2D eigenvalue weighted by Gasteiger charge is -2.34. The molecule has 0 amide bonds. The lowest BCUT2D eigenvalue weighted by molar-refractivity contribution is 0.192. The monoisotopic (exact) mass is 385 g/mol. The second-order valence-electron chi connectivity index (χ2n) is 7.08. The first-order chi connectivity index (χ1) is 13.2. The van der Waals surface area contributed by atoms with Crippen molar-refractivity contribution >= 4 is 17.3 Å². The van der Waals surface area contributed by atoms with Crippen LogP contribution >= 0.6 is 11.3 Å². The summed E-state index contributed by atoms with van der Waals surface area (Å²) in [4.78, 5) is 13.0. The molecule has 1 aromatic carbocycles. The number of benzene rings is 1. The zero-order valence-electron chi connectivity index (χ0n) is 16.4. The van der Waals surface area contributed by atoms with E-state index >= 15 is 0 Å². The Labute approximate surface area is 166 Å². The van der Waals surface area contributed by atoms with Gasteiger partial charge in [0.2, 0.25) is 0 Å². The van der Waals surface area contributed by atoms with E-state index in [2.05, 4.69) is 64.7 Å². The van der Waals surface area contributed by atoms with E-state index in [1.807, 2.05) is 6.20 Å². The molecule has 5 nitrogen and oxygen atoms in total. The molecule has 2 heterocycles. The molecule has 6 heteroatoms. The fraction of sp³-hybridized carbons (Fsp3) is 0.524. The van der Waals surface area contributed by atoms with E-state index in [1.54, 1.807) is 11.3 Å². The minimum absolute atomic E-state index is 0.447. The Morgan fingerprint density at radius 1 is 1.33 bits per heavy atom. The maximum Gasteiger partial charge on any atom is 0.191 e. The van der Waals surface area contributed by atoms with Gasteiger partial charge in [-0.2, -0.15) is 0 Å². The molecule has 2 N–H and O–H groups in total. The summed E-state index contributed by atoms with van der Waals surface area (Å²) >= 11 is 1.76. The Hall–Kier alpha value is -1.92. The molecular weight excluding hydrogens is 354 g/mol. The van der Waals surface area contributed by atoms with E-state index < -0.39 is 0 Å². The molecule has 1 fully saturated rings. The van der Waals surface area contributed by atoms with Crippen molar-refractivity contribution in [3.8, 4) is 0 Å². The molecule has 2 aromatic rings. The number of piperidine rings is 1. The smallest absolute Gasteiger partial charge is 0.191 e. The Balaban J connectivity index is 1.51. The van der Waals surface area contributed by atoms with E-state index in [4.69, 9.17) is 4.99 Å². The Bertz CT molecular complexity index is 712. The van der Waals surface area contributed by atoms with Crippen molar-refractivity contribution in [2.24, 2.45) is 4.99 Å². The molecule has 1 atom stereocenters. The molecule has 1 unspecified atom stereocenters. The molecule has 0 radical (unpaired) electrons. The van der Waals surface area contributed by atoms with Crippen LogP contribution in [0.4, 0.5) is 0 Å². The average molecular weight is 386 g/mol. The number of nitrogens with one attached hydrogen (secondary N) is 2. The highest BCUT2D eigenvalue weighted by Crippen LogP contribution is 2.14. The van der Waals surface area contributed by atoms with Crippen LogP contribution in [-0.4, -0.2) is 48.1 Å². The predicted octanol–water partition coefficient (Wildman–Crippen LogP) is 3.21. The highest BCUT2D eigenvalue weighted by Gasteiger charge is 2.20. The number of hydrogen-bond acceptors (Lipinski definition) is 4. The van der Waals surface area contributed by atoms with Gasteiger partial charge in [0.05, 0.1) is 5.01 Å². The third kappa shape index (κ3) is 6.63. The summed E-state index contributed by atoms with van der Waals surface area (Å²) in [7, 11) is 0. The molecule has 1 saturated heterocycles. The van der Waals surface area contributed by atoms with Crippen LogP contribution in [0.15, 0.2) is 41.5 Å². The number of aryl methyl sites for hydroxylation is 1. The van der Waals surface area contributed by atoms with Crippen LogP contribution < -0.4 is 10.6 Å². The number of rotatable bonds is 7.